The first-order chi connectivity index (χ1) is 9.20. The second-order valence-corrected chi connectivity index (χ2v) is 5.19. The van der Waals surface area contributed by atoms with Gasteiger partial charge in [0.1, 0.15) is 0 Å². The van der Waals surface area contributed by atoms with Gasteiger partial charge in [-0.2, -0.15) is 4.98 Å². The van der Waals surface area contributed by atoms with Crippen LogP contribution in [0, 0.1) is 0 Å². The van der Waals surface area contributed by atoms with Crippen LogP contribution in [0.5, 0.6) is 5.88 Å². The molecule has 5 nitrogen and oxygen atoms in total. The third-order valence-corrected chi connectivity index (χ3v) is 3.46. The van der Waals surface area contributed by atoms with E-state index in [1.54, 1.807) is 12.3 Å². The van der Waals surface area contributed by atoms with Crippen LogP contribution in [0.15, 0.2) is 12.3 Å². The third-order valence-electron chi connectivity index (χ3n) is 3.46. The molecule has 19 heavy (non-hydrogen) atoms. The van der Waals surface area contributed by atoms with Gasteiger partial charge in [-0.3, -0.25) is 4.90 Å². The Morgan fingerprint density at radius 3 is 3.00 bits per heavy atom. The van der Waals surface area contributed by atoms with Crippen LogP contribution in [0.1, 0.15) is 33.1 Å². The van der Waals surface area contributed by atoms with Crippen molar-refractivity contribution in [2.24, 2.45) is 0 Å². The van der Waals surface area contributed by atoms with Crippen molar-refractivity contribution in [3.8, 4) is 5.88 Å². The fourth-order valence-corrected chi connectivity index (χ4v) is 1.94. The van der Waals surface area contributed by atoms with E-state index >= 15 is 0 Å². The van der Waals surface area contributed by atoms with E-state index in [4.69, 9.17) is 4.74 Å². The quantitative estimate of drug-likeness (QED) is 0.779. The molecule has 1 saturated carbocycles. The summed E-state index contributed by atoms with van der Waals surface area (Å²) >= 11 is 0. The Balaban J connectivity index is 1.81. The Morgan fingerprint density at radius 1 is 1.53 bits per heavy atom. The molecule has 1 N–H and O–H groups in total. The highest BCUT2D eigenvalue weighted by Gasteiger charge is 2.28. The monoisotopic (exact) mass is 264 g/mol. The third kappa shape index (κ3) is 4.35. The van der Waals surface area contributed by atoms with Crippen molar-refractivity contribution in [3.63, 3.8) is 0 Å². The molecule has 1 heterocycles. The number of hydrogen-bond acceptors (Lipinski definition) is 5. The summed E-state index contributed by atoms with van der Waals surface area (Å²) in [6.45, 7) is 5.85. The Kier molecular flexibility index (Phi) is 4.96. The molecule has 0 bridgehead atoms. The van der Waals surface area contributed by atoms with E-state index < -0.39 is 0 Å². The molecule has 0 spiro atoms. The minimum atomic E-state index is 0.483. The number of aromatic nitrogens is 2. The molecular formula is C14H24N4O. The van der Waals surface area contributed by atoms with E-state index in [9.17, 15) is 0 Å². The summed E-state index contributed by atoms with van der Waals surface area (Å²) in [5.74, 6) is 1.28. The van der Waals surface area contributed by atoms with E-state index in [0.717, 1.165) is 19.0 Å². The number of hydrogen-bond donors (Lipinski definition) is 1. The van der Waals surface area contributed by atoms with E-state index in [1.807, 2.05) is 0 Å². The van der Waals surface area contributed by atoms with Gasteiger partial charge in [0.25, 0.3) is 0 Å². The Bertz CT molecular complexity index is 395. The van der Waals surface area contributed by atoms with Crippen molar-refractivity contribution >= 4 is 5.95 Å². The van der Waals surface area contributed by atoms with Crippen LogP contribution in [0.4, 0.5) is 5.95 Å². The molecule has 0 aromatic carbocycles. The summed E-state index contributed by atoms with van der Waals surface area (Å²) in [6.07, 6.45) is 5.38. The number of rotatable bonds is 8. The number of ether oxygens (including phenoxy) is 1. The fourth-order valence-electron chi connectivity index (χ4n) is 1.94. The summed E-state index contributed by atoms with van der Waals surface area (Å²) in [6, 6.07) is 3.05. The maximum Gasteiger partial charge on any atom is 0.225 e. The number of likely N-dealkylation sites (N-methyl/N-ethyl adjacent to an activating group) is 1. The number of nitrogens with one attached hydrogen (secondary N) is 1. The molecule has 1 aromatic rings. The molecular weight excluding hydrogens is 240 g/mol. The predicted octanol–water partition coefficient (Wildman–Crippen LogP) is 2.16. The summed E-state index contributed by atoms with van der Waals surface area (Å²) in [5.41, 5.74) is 0. The lowest BCUT2D eigenvalue weighted by molar-refractivity contribution is 0.257. The van der Waals surface area contributed by atoms with Gasteiger partial charge in [-0.15, -0.1) is 0 Å². The lowest BCUT2D eigenvalue weighted by atomic mass is 10.3. The molecule has 1 aromatic heterocycles. The first-order valence-electron chi connectivity index (χ1n) is 7.12. The van der Waals surface area contributed by atoms with Crippen molar-refractivity contribution in [3.05, 3.63) is 12.3 Å². The maximum absolute atomic E-state index is 5.50. The van der Waals surface area contributed by atoms with Gasteiger partial charge in [-0.25, -0.2) is 4.98 Å². The lowest BCUT2D eigenvalue weighted by Gasteiger charge is -2.24. The smallest absolute Gasteiger partial charge is 0.225 e. The first kappa shape index (κ1) is 14.1. The van der Waals surface area contributed by atoms with Crippen LogP contribution >= 0.6 is 0 Å². The van der Waals surface area contributed by atoms with Crippen molar-refractivity contribution in [1.82, 2.24) is 14.9 Å². The molecule has 0 radical (unpaired) electrons. The van der Waals surface area contributed by atoms with E-state index in [0.29, 0.717) is 24.5 Å². The second-order valence-electron chi connectivity index (χ2n) is 5.19. The highest BCUT2D eigenvalue weighted by Crippen LogP contribution is 2.26. The van der Waals surface area contributed by atoms with Crippen molar-refractivity contribution in [2.75, 3.05) is 25.5 Å². The number of nitrogens with zero attached hydrogens (tertiary/aromatic N) is 3. The van der Waals surface area contributed by atoms with E-state index in [2.05, 4.69) is 41.1 Å². The zero-order chi connectivity index (χ0) is 13.7. The molecule has 1 atom stereocenters. The van der Waals surface area contributed by atoms with Gasteiger partial charge < -0.3 is 10.1 Å². The molecule has 106 valence electrons. The van der Waals surface area contributed by atoms with Crippen molar-refractivity contribution in [2.45, 2.75) is 45.2 Å². The average molecular weight is 264 g/mol. The Hall–Kier alpha value is -1.36. The van der Waals surface area contributed by atoms with Crippen LogP contribution in [0.3, 0.4) is 0 Å². The SMILES string of the molecule is CCCOc1ccnc(NCC(C)N(C)C2CC2)n1. The van der Waals surface area contributed by atoms with Gasteiger partial charge in [-0.05, 0) is 33.2 Å². The zero-order valence-corrected chi connectivity index (χ0v) is 12.1. The zero-order valence-electron chi connectivity index (χ0n) is 12.1. The van der Waals surface area contributed by atoms with Gasteiger partial charge in [0, 0.05) is 30.9 Å². The molecule has 0 amide bonds. The summed E-state index contributed by atoms with van der Waals surface area (Å²) in [7, 11) is 2.19. The summed E-state index contributed by atoms with van der Waals surface area (Å²) < 4.78 is 5.50. The molecule has 1 aliphatic carbocycles. The summed E-state index contributed by atoms with van der Waals surface area (Å²) in [5, 5.41) is 3.28. The fraction of sp³-hybridized carbons (Fsp3) is 0.714. The molecule has 1 unspecified atom stereocenters. The van der Waals surface area contributed by atoms with Gasteiger partial charge in [-0.1, -0.05) is 6.92 Å². The minimum absolute atomic E-state index is 0.483. The van der Waals surface area contributed by atoms with Crippen LogP contribution < -0.4 is 10.1 Å². The van der Waals surface area contributed by atoms with Gasteiger partial charge in [0.2, 0.25) is 11.8 Å². The van der Waals surface area contributed by atoms with Crippen LogP contribution in [-0.2, 0) is 0 Å². The number of anilines is 1. The van der Waals surface area contributed by atoms with Gasteiger partial charge >= 0.3 is 0 Å². The molecule has 0 aliphatic heterocycles. The second kappa shape index (κ2) is 6.70. The van der Waals surface area contributed by atoms with Crippen LogP contribution in [-0.4, -0.2) is 47.2 Å². The standard InChI is InChI=1S/C14H24N4O/c1-4-9-19-13-7-8-15-14(17-13)16-10-11(2)18(3)12-5-6-12/h7-8,11-12H,4-6,9-10H2,1-3H3,(H,15,16,17). The Morgan fingerprint density at radius 2 is 2.32 bits per heavy atom. The minimum Gasteiger partial charge on any atom is -0.478 e. The molecule has 1 fully saturated rings. The van der Waals surface area contributed by atoms with Crippen LogP contribution in [0.25, 0.3) is 0 Å². The largest absolute Gasteiger partial charge is 0.478 e. The van der Waals surface area contributed by atoms with Crippen molar-refractivity contribution in [1.29, 1.82) is 0 Å². The highest BCUT2D eigenvalue weighted by atomic mass is 16.5. The first-order valence-corrected chi connectivity index (χ1v) is 7.12. The maximum atomic E-state index is 5.50. The predicted molar refractivity (Wildman–Crippen MR) is 76.6 cm³/mol. The lowest BCUT2D eigenvalue weighted by Crippen LogP contribution is -2.36. The molecule has 2 rings (SSSR count). The van der Waals surface area contributed by atoms with E-state index in [-0.39, 0.29) is 0 Å². The average Bonchev–Trinajstić information content (AvgIpc) is 3.26. The van der Waals surface area contributed by atoms with E-state index in [1.165, 1.54) is 12.8 Å². The molecule has 0 saturated heterocycles. The normalized spacial score (nSPS) is 16.4. The van der Waals surface area contributed by atoms with Crippen molar-refractivity contribution < 1.29 is 4.74 Å². The molecule has 5 heteroatoms. The van der Waals surface area contributed by atoms with Gasteiger partial charge in [0.05, 0.1) is 6.61 Å². The molecule has 1 aliphatic rings. The van der Waals surface area contributed by atoms with Crippen LogP contribution in [0.2, 0.25) is 0 Å². The topological polar surface area (TPSA) is 50.3 Å². The van der Waals surface area contributed by atoms with Gasteiger partial charge in [0.15, 0.2) is 0 Å². The Labute approximate surface area is 115 Å². The summed E-state index contributed by atoms with van der Waals surface area (Å²) in [4.78, 5) is 11.0. The highest BCUT2D eigenvalue weighted by molar-refractivity contribution is 5.27.